The van der Waals surface area contributed by atoms with Gasteiger partial charge in [0.25, 0.3) is 0 Å². The van der Waals surface area contributed by atoms with Crippen molar-refractivity contribution in [1.29, 1.82) is 5.26 Å². The Labute approximate surface area is 99.7 Å². The van der Waals surface area contributed by atoms with E-state index in [1.807, 2.05) is 23.6 Å². The molecule has 88 valence electrons. The van der Waals surface area contributed by atoms with Crippen LogP contribution < -0.4 is 0 Å². The normalized spacial score (nSPS) is 12.6. The van der Waals surface area contributed by atoms with Gasteiger partial charge in [-0.3, -0.25) is 4.90 Å². The fourth-order valence-corrected chi connectivity index (χ4v) is 1.93. The number of nitriles is 1. The molecule has 0 fully saturated rings. The molecule has 0 aliphatic carbocycles. The Hall–Kier alpha value is -0.930. The largest absolute Gasteiger partial charge is 0.389 e. The number of likely N-dealkylation sites (N-methyl/N-ethyl adjacent to an activating group) is 1. The number of aliphatic hydroxyl groups is 1. The van der Waals surface area contributed by atoms with E-state index in [0.29, 0.717) is 26.3 Å². The third-order valence-corrected chi connectivity index (χ3v) is 2.85. The highest BCUT2D eigenvalue weighted by Crippen LogP contribution is 2.09. The SMILES string of the molecule is CN(CC#N)CC(O)COCc1cccs1. The molecular weight excluding hydrogens is 224 g/mol. The van der Waals surface area contributed by atoms with Crippen molar-refractivity contribution in [1.82, 2.24) is 4.90 Å². The van der Waals surface area contributed by atoms with Gasteiger partial charge in [0.05, 0.1) is 31.9 Å². The molecule has 0 saturated heterocycles. The summed E-state index contributed by atoms with van der Waals surface area (Å²) in [5, 5.41) is 20.0. The van der Waals surface area contributed by atoms with E-state index in [4.69, 9.17) is 10.00 Å². The molecule has 0 spiro atoms. The first-order valence-electron chi connectivity index (χ1n) is 5.06. The molecule has 16 heavy (non-hydrogen) atoms. The van der Waals surface area contributed by atoms with Crippen LogP contribution in [0.4, 0.5) is 0 Å². The summed E-state index contributed by atoms with van der Waals surface area (Å²) < 4.78 is 5.37. The molecule has 1 unspecified atom stereocenters. The van der Waals surface area contributed by atoms with Crippen LogP contribution in [0.15, 0.2) is 17.5 Å². The lowest BCUT2D eigenvalue weighted by Crippen LogP contribution is -2.32. The van der Waals surface area contributed by atoms with Gasteiger partial charge in [-0.1, -0.05) is 6.07 Å². The third kappa shape index (κ3) is 5.24. The Bertz CT molecular complexity index is 321. The molecule has 1 rings (SSSR count). The molecular formula is C11H16N2O2S. The minimum absolute atomic E-state index is 0.299. The van der Waals surface area contributed by atoms with E-state index in [-0.39, 0.29) is 0 Å². The second-order valence-corrected chi connectivity index (χ2v) is 4.64. The maximum Gasteiger partial charge on any atom is 0.0900 e. The molecule has 1 N–H and O–H groups in total. The first-order chi connectivity index (χ1) is 7.72. The summed E-state index contributed by atoms with van der Waals surface area (Å²) in [6, 6.07) is 6.00. The maximum absolute atomic E-state index is 9.60. The van der Waals surface area contributed by atoms with Crippen molar-refractivity contribution < 1.29 is 9.84 Å². The lowest BCUT2D eigenvalue weighted by atomic mass is 10.3. The molecule has 0 bridgehead atoms. The molecule has 0 aromatic carbocycles. The highest BCUT2D eigenvalue weighted by molar-refractivity contribution is 7.09. The molecule has 0 aliphatic heterocycles. The van der Waals surface area contributed by atoms with Gasteiger partial charge in [0.2, 0.25) is 0 Å². The summed E-state index contributed by atoms with van der Waals surface area (Å²) in [7, 11) is 1.80. The summed E-state index contributed by atoms with van der Waals surface area (Å²) in [6.45, 7) is 1.62. The van der Waals surface area contributed by atoms with Gasteiger partial charge in [-0.05, 0) is 18.5 Å². The number of hydrogen-bond donors (Lipinski definition) is 1. The minimum atomic E-state index is -0.543. The molecule has 5 heteroatoms. The van der Waals surface area contributed by atoms with Crippen molar-refractivity contribution in [2.75, 3.05) is 26.7 Å². The van der Waals surface area contributed by atoms with Crippen LogP contribution in [0.2, 0.25) is 0 Å². The van der Waals surface area contributed by atoms with Gasteiger partial charge in [-0.2, -0.15) is 5.26 Å². The van der Waals surface area contributed by atoms with Crippen LogP contribution in [-0.4, -0.2) is 42.9 Å². The van der Waals surface area contributed by atoms with Crippen LogP contribution >= 0.6 is 11.3 Å². The quantitative estimate of drug-likeness (QED) is 0.725. The van der Waals surface area contributed by atoms with Crippen molar-refractivity contribution in [3.05, 3.63) is 22.4 Å². The predicted octanol–water partition coefficient (Wildman–Crippen LogP) is 1.08. The van der Waals surface area contributed by atoms with E-state index in [0.717, 1.165) is 4.88 Å². The van der Waals surface area contributed by atoms with Gasteiger partial charge in [0.15, 0.2) is 0 Å². The smallest absolute Gasteiger partial charge is 0.0900 e. The number of ether oxygens (including phenoxy) is 1. The number of nitrogens with zero attached hydrogens (tertiary/aromatic N) is 2. The number of hydrogen-bond acceptors (Lipinski definition) is 5. The van der Waals surface area contributed by atoms with E-state index in [2.05, 4.69) is 0 Å². The molecule has 4 nitrogen and oxygen atoms in total. The molecule has 1 aromatic rings. The maximum atomic E-state index is 9.60. The van der Waals surface area contributed by atoms with Crippen LogP contribution in [-0.2, 0) is 11.3 Å². The third-order valence-electron chi connectivity index (χ3n) is 2.00. The van der Waals surface area contributed by atoms with Crippen LogP contribution in [0.3, 0.4) is 0 Å². The van der Waals surface area contributed by atoms with E-state index in [9.17, 15) is 5.11 Å². The van der Waals surface area contributed by atoms with Crippen molar-refractivity contribution in [2.45, 2.75) is 12.7 Å². The Morgan fingerprint density at radius 3 is 3.12 bits per heavy atom. The van der Waals surface area contributed by atoms with Crippen LogP contribution in [0, 0.1) is 11.3 Å². The Morgan fingerprint density at radius 1 is 1.69 bits per heavy atom. The highest BCUT2D eigenvalue weighted by atomic mass is 32.1. The molecule has 1 heterocycles. The average Bonchev–Trinajstić information content (AvgIpc) is 2.70. The zero-order valence-electron chi connectivity index (χ0n) is 9.30. The first-order valence-corrected chi connectivity index (χ1v) is 5.94. The van der Waals surface area contributed by atoms with Gasteiger partial charge in [-0.25, -0.2) is 0 Å². The average molecular weight is 240 g/mol. The number of rotatable bonds is 7. The second-order valence-electron chi connectivity index (χ2n) is 3.60. The minimum Gasteiger partial charge on any atom is -0.389 e. The summed E-state index contributed by atoms with van der Waals surface area (Å²) in [4.78, 5) is 2.91. The van der Waals surface area contributed by atoms with Crippen LogP contribution in [0.5, 0.6) is 0 Å². The van der Waals surface area contributed by atoms with E-state index in [1.54, 1.807) is 23.3 Å². The van der Waals surface area contributed by atoms with E-state index < -0.39 is 6.10 Å². The van der Waals surface area contributed by atoms with Gasteiger partial charge in [0.1, 0.15) is 0 Å². The van der Waals surface area contributed by atoms with Gasteiger partial charge in [0, 0.05) is 11.4 Å². The first kappa shape index (κ1) is 13.1. The Balaban J connectivity index is 2.11. The van der Waals surface area contributed by atoms with Crippen molar-refractivity contribution in [3.8, 4) is 6.07 Å². The Kier molecular flexibility index (Phi) is 6.04. The molecule has 1 atom stereocenters. The van der Waals surface area contributed by atoms with Gasteiger partial charge >= 0.3 is 0 Å². The molecule has 0 radical (unpaired) electrons. The fourth-order valence-electron chi connectivity index (χ4n) is 1.29. The van der Waals surface area contributed by atoms with Gasteiger partial charge < -0.3 is 9.84 Å². The van der Waals surface area contributed by atoms with Gasteiger partial charge in [-0.15, -0.1) is 11.3 Å². The monoisotopic (exact) mass is 240 g/mol. The lowest BCUT2D eigenvalue weighted by Gasteiger charge is -2.17. The summed E-state index contributed by atoms with van der Waals surface area (Å²) >= 11 is 1.64. The molecule has 0 aliphatic rings. The van der Waals surface area contributed by atoms with E-state index >= 15 is 0 Å². The van der Waals surface area contributed by atoms with Crippen molar-refractivity contribution >= 4 is 11.3 Å². The van der Waals surface area contributed by atoms with Crippen LogP contribution in [0.25, 0.3) is 0 Å². The summed E-state index contributed by atoms with van der Waals surface area (Å²) in [6.07, 6.45) is -0.543. The lowest BCUT2D eigenvalue weighted by molar-refractivity contribution is 0.0162. The summed E-state index contributed by atoms with van der Waals surface area (Å²) in [5.41, 5.74) is 0. The zero-order chi connectivity index (χ0) is 11.8. The summed E-state index contributed by atoms with van der Waals surface area (Å²) in [5.74, 6) is 0. The topological polar surface area (TPSA) is 56.5 Å². The van der Waals surface area contributed by atoms with Crippen molar-refractivity contribution in [3.63, 3.8) is 0 Å². The standard InChI is InChI=1S/C11H16N2O2S/c1-13(5-4-12)7-10(14)8-15-9-11-3-2-6-16-11/h2-3,6,10,14H,5,7-9H2,1H3. The molecule has 1 aromatic heterocycles. The molecule has 0 amide bonds. The fraction of sp³-hybridized carbons (Fsp3) is 0.545. The van der Waals surface area contributed by atoms with Crippen molar-refractivity contribution in [2.24, 2.45) is 0 Å². The number of aliphatic hydroxyl groups excluding tert-OH is 1. The van der Waals surface area contributed by atoms with Crippen LogP contribution in [0.1, 0.15) is 4.88 Å². The molecule has 0 saturated carbocycles. The predicted molar refractivity (Wildman–Crippen MR) is 63.1 cm³/mol. The number of thiophene rings is 1. The zero-order valence-corrected chi connectivity index (χ0v) is 10.1. The second kappa shape index (κ2) is 7.36. The Morgan fingerprint density at radius 2 is 2.50 bits per heavy atom. The van der Waals surface area contributed by atoms with E-state index in [1.165, 1.54) is 0 Å². The highest BCUT2D eigenvalue weighted by Gasteiger charge is 2.08.